The molecule has 2 aliphatic carbocycles. The molecule has 5 unspecified atom stereocenters. The van der Waals surface area contributed by atoms with Crippen molar-refractivity contribution in [3.63, 3.8) is 0 Å². The number of nitrogens with zero attached hydrogens (tertiary/aromatic N) is 1. The van der Waals surface area contributed by atoms with Gasteiger partial charge in [0, 0.05) is 19.4 Å². The maximum atomic E-state index is 13.1. The summed E-state index contributed by atoms with van der Waals surface area (Å²) in [7, 11) is 2.01. The van der Waals surface area contributed by atoms with Gasteiger partial charge in [0.15, 0.2) is 12.2 Å². The number of unbranched alkanes of at least 4 members (excludes halogenated alkanes) is 18. The number of esters is 3. The lowest BCUT2D eigenvalue weighted by Gasteiger charge is -2.25. The summed E-state index contributed by atoms with van der Waals surface area (Å²) in [6.45, 7) is 8.11. The Balaban J connectivity index is 1.07. The zero-order valence-electron chi connectivity index (χ0n) is 38.1. The minimum atomic E-state index is -0.779. The Morgan fingerprint density at radius 2 is 1.03 bits per heavy atom. The number of hydrogen-bond donors (Lipinski definition) is 0. The molecule has 2 saturated heterocycles. The minimum absolute atomic E-state index is 0.0222. The first kappa shape index (κ1) is 49.0. The highest BCUT2D eigenvalue weighted by Crippen LogP contribution is 2.46. The number of rotatable bonds is 35. The lowest BCUT2D eigenvalue weighted by atomic mass is 9.90. The maximum absolute atomic E-state index is 13.1. The smallest absolute Gasteiger partial charge is 0.313 e. The van der Waals surface area contributed by atoms with Gasteiger partial charge < -0.3 is 23.8 Å². The molecule has 8 heteroatoms. The molecule has 0 aromatic heterocycles. The predicted octanol–water partition coefficient (Wildman–Crippen LogP) is 12.3. The first-order valence-corrected chi connectivity index (χ1v) is 25.1. The Hall–Kier alpha value is -1.67. The van der Waals surface area contributed by atoms with Crippen LogP contribution in [0, 0.1) is 29.1 Å². The van der Waals surface area contributed by atoms with E-state index >= 15 is 0 Å². The third-order valence-electron chi connectivity index (χ3n) is 14.2. The topological polar surface area (TPSA) is 91.4 Å². The zero-order chi connectivity index (χ0) is 41.4. The van der Waals surface area contributed by atoms with E-state index in [-0.39, 0.29) is 31.1 Å². The van der Waals surface area contributed by atoms with E-state index in [9.17, 15) is 14.4 Å². The number of carbonyl (C=O) groups excluding carboxylic acids is 3. The molecule has 2 heterocycles. The Morgan fingerprint density at radius 1 is 0.603 bits per heavy atom. The van der Waals surface area contributed by atoms with E-state index in [2.05, 4.69) is 18.7 Å². The largest absolute Gasteiger partial charge is 0.462 e. The SMILES string of the molecule is CCCCCCCCC1CC1CCCCCCCC(=O)O[C@@H]1[C@@H](OC(=O)CCCCCCCC2CC2CCCCCCCC)CO[C@@H]1COC(=O)C1(C)CCN(C)C1. The van der Waals surface area contributed by atoms with Crippen LogP contribution in [0.15, 0.2) is 0 Å². The van der Waals surface area contributed by atoms with Crippen molar-refractivity contribution in [2.24, 2.45) is 29.1 Å². The molecule has 2 aliphatic heterocycles. The van der Waals surface area contributed by atoms with Crippen molar-refractivity contribution in [2.75, 3.05) is 33.4 Å². The van der Waals surface area contributed by atoms with Crippen molar-refractivity contribution < 1.29 is 33.3 Å². The van der Waals surface area contributed by atoms with Crippen LogP contribution in [-0.4, -0.2) is 74.5 Å². The van der Waals surface area contributed by atoms with Crippen LogP contribution in [0.25, 0.3) is 0 Å². The number of ether oxygens (including phenoxy) is 4. The van der Waals surface area contributed by atoms with Gasteiger partial charge in [0.2, 0.25) is 0 Å². The molecule has 0 aromatic rings. The Morgan fingerprint density at radius 3 is 1.48 bits per heavy atom. The van der Waals surface area contributed by atoms with E-state index in [4.69, 9.17) is 18.9 Å². The molecular formula is C50H89NO7. The number of carbonyl (C=O) groups is 3. The van der Waals surface area contributed by atoms with E-state index in [1.165, 1.54) is 141 Å². The molecule has 0 aromatic carbocycles. The van der Waals surface area contributed by atoms with Crippen LogP contribution >= 0.6 is 0 Å². The second kappa shape index (κ2) is 28.0. The third-order valence-corrected chi connectivity index (χ3v) is 14.2. The summed E-state index contributed by atoms with van der Waals surface area (Å²) in [5.41, 5.74) is -0.563. The molecule has 4 aliphatic rings. The second-order valence-electron chi connectivity index (χ2n) is 19.7. The van der Waals surface area contributed by atoms with Crippen LogP contribution in [0.5, 0.6) is 0 Å². The van der Waals surface area contributed by atoms with Gasteiger partial charge in [-0.25, -0.2) is 0 Å². The molecule has 0 radical (unpaired) electrons. The van der Waals surface area contributed by atoms with Crippen LogP contribution in [0.1, 0.15) is 220 Å². The normalized spacial score (nSPS) is 27.8. The molecule has 0 N–H and O–H groups in total. The Labute approximate surface area is 355 Å². The maximum Gasteiger partial charge on any atom is 0.313 e. The van der Waals surface area contributed by atoms with Gasteiger partial charge in [-0.15, -0.1) is 0 Å². The van der Waals surface area contributed by atoms with Crippen LogP contribution in [0.3, 0.4) is 0 Å². The fraction of sp³-hybridized carbons (Fsp3) is 0.940. The number of hydrogen-bond acceptors (Lipinski definition) is 8. The van der Waals surface area contributed by atoms with Gasteiger partial charge in [-0.2, -0.15) is 0 Å². The van der Waals surface area contributed by atoms with E-state index in [1.807, 2.05) is 14.0 Å². The highest BCUT2D eigenvalue weighted by molar-refractivity contribution is 5.77. The van der Waals surface area contributed by atoms with Gasteiger partial charge >= 0.3 is 17.9 Å². The molecule has 8 atom stereocenters. The van der Waals surface area contributed by atoms with Crippen molar-refractivity contribution in [1.82, 2.24) is 4.90 Å². The monoisotopic (exact) mass is 816 g/mol. The molecule has 4 rings (SSSR count). The van der Waals surface area contributed by atoms with Crippen molar-refractivity contribution in [3.8, 4) is 0 Å². The highest BCUT2D eigenvalue weighted by Gasteiger charge is 2.46. The van der Waals surface area contributed by atoms with Gasteiger partial charge in [0.05, 0.1) is 12.0 Å². The Kier molecular flexibility index (Phi) is 23.7. The minimum Gasteiger partial charge on any atom is -0.462 e. The van der Waals surface area contributed by atoms with Crippen LogP contribution in [0.2, 0.25) is 0 Å². The molecule has 4 fully saturated rings. The third kappa shape index (κ3) is 19.4. The second-order valence-corrected chi connectivity index (χ2v) is 19.7. The lowest BCUT2D eigenvalue weighted by Crippen LogP contribution is -2.41. The molecule has 8 nitrogen and oxygen atoms in total. The summed E-state index contributed by atoms with van der Waals surface area (Å²) in [5.74, 6) is 3.08. The fourth-order valence-electron chi connectivity index (χ4n) is 9.99. The summed E-state index contributed by atoms with van der Waals surface area (Å²) in [6, 6.07) is 0. The summed E-state index contributed by atoms with van der Waals surface area (Å²) < 4.78 is 23.6. The average molecular weight is 816 g/mol. The molecule has 336 valence electrons. The Bertz CT molecular complexity index is 1150. The van der Waals surface area contributed by atoms with E-state index < -0.39 is 23.7 Å². The summed E-state index contributed by atoms with van der Waals surface area (Å²) in [5, 5.41) is 0. The number of likely N-dealkylation sites (tertiary alicyclic amines) is 1. The molecule has 2 saturated carbocycles. The van der Waals surface area contributed by atoms with E-state index in [0.717, 1.165) is 75.2 Å². The lowest BCUT2D eigenvalue weighted by molar-refractivity contribution is -0.170. The van der Waals surface area contributed by atoms with Crippen molar-refractivity contribution in [2.45, 2.75) is 238 Å². The molecule has 0 spiro atoms. The van der Waals surface area contributed by atoms with Crippen molar-refractivity contribution >= 4 is 17.9 Å². The first-order valence-electron chi connectivity index (χ1n) is 25.1. The van der Waals surface area contributed by atoms with Crippen molar-refractivity contribution in [1.29, 1.82) is 0 Å². The quantitative estimate of drug-likeness (QED) is 0.0355. The average Bonchev–Trinajstić information content (AvgIpc) is 4.08. The van der Waals surface area contributed by atoms with E-state index in [1.54, 1.807) is 0 Å². The molecule has 58 heavy (non-hydrogen) atoms. The van der Waals surface area contributed by atoms with E-state index in [0.29, 0.717) is 19.4 Å². The summed E-state index contributed by atoms with van der Waals surface area (Å²) in [4.78, 5) is 41.3. The van der Waals surface area contributed by atoms with Crippen LogP contribution in [-0.2, 0) is 33.3 Å². The molecule has 0 amide bonds. The van der Waals surface area contributed by atoms with Gasteiger partial charge in [-0.3, -0.25) is 14.4 Å². The van der Waals surface area contributed by atoms with Crippen molar-refractivity contribution in [3.05, 3.63) is 0 Å². The van der Waals surface area contributed by atoms with Gasteiger partial charge in [-0.1, -0.05) is 168 Å². The predicted molar refractivity (Wildman–Crippen MR) is 234 cm³/mol. The van der Waals surface area contributed by atoms with Gasteiger partial charge in [0.1, 0.15) is 12.7 Å². The van der Waals surface area contributed by atoms with Gasteiger partial charge in [0.25, 0.3) is 0 Å². The highest BCUT2D eigenvalue weighted by atomic mass is 16.6. The fourth-order valence-corrected chi connectivity index (χ4v) is 9.99. The van der Waals surface area contributed by atoms with Crippen LogP contribution < -0.4 is 0 Å². The summed E-state index contributed by atoms with van der Waals surface area (Å²) >= 11 is 0. The standard InChI is InChI=1S/C50H89NO7/c1-5-7-9-11-15-21-27-40-35-42(40)29-23-17-13-19-25-31-46(52)57-45-38-55-44(37-56-49(54)50(3)33-34-51(4)39-50)48(45)58-47(53)32-26-20-14-18-24-30-43-36-41(43)28-22-16-12-10-8-6-2/h40-45,48H,5-39H2,1-4H3/t40?,41?,42?,43?,44-,45+,48+,50?/m1/s1. The van der Waals surface area contributed by atoms with Gasteiger partial charge in [-0.05, 0) is 76.3 Å². The molecular weight excluding hydrogens is 727 g/mol. The first-order chi connectivity index (χ1) is 28.2. The molecule has 0 bridgehead atoms. The van der Waals surface area contributed by atoms with Crippen LogP contribution in [0.4, 0.5) is 0 Å². The zero-order valence-corrected chi connectivity index (χ0v) is 38.1. The summed E-state index contributed by atoms with van der Waals surface area (Å²) in [6.07, 6.45) is 35.5.